The van der Waals surface area contributed by atoms with Crippen molar-refractivity contribution in [2.24, 2.45) is 11.7 Å². The van der Waals surface area contributed by atoms with E-state index >= 15 is 0 Å². The highest BCUT2D eigenvalue weighted by atomic mass is 16.2. The van der Waals surface area contributed by atoms with E-state index in [-0.39, 0.29) is 11.9 Å². The van der Waals surface area contributed by atoms with Crippen molar-refractivity contribution < 1.29 is 4.79 Å². The zero-order chi connectivity index (χ0) is 12.3. The molecule has 0 aromatic carbocycles. The first-order chi connectivity index (χ1) is 7.47. The fourth-order valence-electron chi connectivity index (χ4n) is 1.94. The first-order valence-corrected chi connectivity index (χ1v) is 6.13. The number of hydrogen-bond donors (Lipinski definition) is 1. The monoisotopic (exact) mass is 227 g/mol. The van der Waals surface area contributed by atoms with Crippen molar-refractivity contribution in [3.05, 3.63) is 0 Å². The van der Waals surface area contributed by atoms with Gasteiger partial charge < -0.3 is 10.6 Å². The third kappa shape index (κ3) is 3.46. The normalized spacial score (nSPS) is 17.9. The van der Waals surface area contributed by atoms with Crippen LogP contribution in [0.4, 0.5) is 0 Å². The molecule has 0 aliphatic heterocycles. The van der Waals surface area contributed by atoms with Crippen molar-refractivity contribution in [2.45, 2.75) is 38.8 Å². The molecule has 1 unspecified atom stereocenters. The number of likely N-dealkylation sites (N-methyl/N-ethyl adjacent to an activating group) is 2. The Bertz CT molecular complexity index is 238. The number of amides is 1. The van der Waals surface area contributed by atoms with Gasteiger partial charge in [-0.1, -0.05) is 0 Å². The third-order valence-corrected chi connectivity index (χ3v) is 3.53. The molecule has 0 aromatic rings. The first-order valence-electron chi connectivity index (χ1n) is 6.13. The van der Waals surface area contributed by atoms with Crippen LogP contribution in [0.15, 0.2) is 0 Å². The molecule has 1 saturated carbocycles. The van der Waals surface area contributed by atoms with Gasteiger partial charge in [0.05, 0.1) is 6.54 Å². The zero-order valence-electron chi connectivity index (χ0n) is 10.9. The van der Waals surface area contributed by atoms with Crippen molar-refractivity contribution in [3.63, 3.8) is 0 Å². The smallest absolute Gasteiger partial charge is 0.236 e. The van der Waals surface area contributed by atoms with Gasteiger partial charge in [-0.3, -0.25) is 9.69 Å². The van der Waals surface area contributed by atoms with Crippen LogP contribution in [-0.2, 0) is 4.79 Å². The summed E-state index contributed by atoms with van der Waals surface area (Å²) in [6, 6.07) is 0.641. The standard InChI is InChI=1S/C12H25N3O/c1-9(2)15(4)12(16)8-14(3)11(7-13)10-5-6-10/h9-11H,5-8,13H2,1-4H3. The molecule has 0 saturated heterocycles. The lowest BCUT2D eigenvalue weighted by molar-refractivity contribution is -0.132. The van der Waals surface area contributed by atoms with Crippen molar-refractivity contribution >= 4 is 5.91 Å². The molecule has 1 aliphatic rings. The topological polar surface area (TPSA) is 49.6 Å². The van der Waals surface area contributed by atoms with E-state index in [0.717, 1.165) is 0 Å². The number of hydrogen-bond acceptors (Lipinski definition) is 3. The minimum atomic E-state index is 0.177. The average molecular weight is 227 g/mol. The average Bonchev–Trinajstić information content (AvgIpc) is 3.01. The van der Waals surface area contributed by atoms with Gasteiger partial charge in [-0.2, -0.15) is 0 Å². The predicted molar refractivity (Wildman–Crippen MR) is 66.1 cm³/mol. The summed E-state index contributed by atoms with van der Waals surface area (Å²) < 4.78 is 0. The number of carbonyl (C=O) groups excluding carboxylic acids is 1. The molecule has 0 aromatic heterocycles. The van der Waals surface area contributed by atoms with Gasteiger partial charge in [0.15, 0.2) is 0 Å². The van der Waals surface area contributed by atoms with Gasteiger partial charge in [-0.25, -0.2) is 0 Å². The van der Waals surface area contributed by atoms with Crippen molar-refractivity contribution in [1.29, 1.82) is 0 Å². The zero-order valence-corrected chi connectivity index (χ0v) is 10.9. The van der Waals surface area contributed by atoms with Gasteiger partial charge in [-0.15, -0.1) is 0 Å². The van der Waals surface area contributed by atoms with E-state index in [1.165, 1.54) is 12.8 Å². The van der Waals surface area contributed by atoms with Gasteiger partial charge >= 0.3 is 0 Å². The molecule has 1 aliphatic carbocycles. The molecule has 0 heterocycles. The molecule has 2 N–H and O–H groups in total. The van der Waals surface area contributed by atoms with E-state index in [4.69, 9.17) is 5.73 Å². The molecule has 1 amide bonds. The predicted octanol–water partition coefficient (Wildman–Crippen LogP) is 0.522. The second kappa shape index (κ2) is 5.64. The Hall–Kier alpha value is -0.610. The van der Waals surface area contributed by atoms with Crippen molar-refractivity contribution in [3.8, 4) is 0 Å². The lowest BCUT2D eigenvalue weighted by Gasteiger charge is -2.29. The van der Waals surface area contributed by atoms with Gasteiger partial charge in [0.25, 0.3) is 0 Å². The maximum absolute atomic E-state index is 11.9. The fourth-order valence-corrected chi connectivity index (χ4v) is 1.94. The van der Waals surface area contributed by atoms with E-state index < -0.39 is 0 Å². The Morgan fingerprint density at radius 1 is 1.38 bits per heavy atom. The molecule has 4 nitrogen and oxygen atoms in total. The minimum Gasteiger partial charge on any atom is -0.342 e. The summed E-state index contributed by atoms with van der Waals surface area (Å²) in [6.45, 7) is 5.19. The molecule has 94 valence electrons. The number of carbonyl (C=O) groups is 1. The SMILES string of the molecule is CC(C)N(C)C(=O)CN(C)C(CN)C1CC1. The van der Waals surface area contributed by atoms with Crippen LogP contribution in [0.3, 0.4) is 0 Å². The third-order valence-electron chi connectivity index (χ3n) is 3.53. The molecule has 0 bridgehead atoms. The Kier molecular flexibility index (Phi) is 4.74. The van der Waals surface area contributed by atoms with E-state index in [1.807, 2.05) is 27.9 Å². The highest BCUT2D eigenvalue weighted by Crippen LogP contribution is 2.34. The highest BCUT2D eigenvalue weighted by molar-refractivity contribution is 5.78. The van der Waals surface area contributed by atoms with Crippen LogP contribution >= 0.6 is 0 Å². The second-order valence-corrected chi connectivity index (χ2v) is 5.15. The number of nitrogens with two attached hydrogens (primary N) is 1. The number of nitrogens with zero attached hydrogens (tertiary/aromatic N) is 2. The number of rotatable bonds is 6. The molecule has 1 atom stereocenters. The van der Waals surface area contributed by atoms with Crippen LogP contribution in [-0.4, -0.2) is 55.0 Å². The quantitative estimate of drug-likeness (QED) is 0.720. The van der Waals surface area contributed by atoms with Crippen LogP contribution in [0.5, 0.6) is 0 Å². The van der Waals surface area contributed by atoms with Crippen LogP contribution in [0.1, 0.15) is 26.7 Å². The maximum atomic E-state index is 11.9. The van der Waals surface area contributed by atoms with Gasteiger partial charge in [-0.05, 0) is 39.7 Å². The lowest BCUT2D eigenvalue weighted by atomic mass is 10.1. The Balaban J connectivity index is 2.42. The summed E-state index contributed by atoms with van der Waals surface area (Å²) in [6.07, 6.45) is 2.53. The Labute approximate surface area is 98.8 Å². The van der Waals surface area contributed by atoms with Crippen LogP contribution in [0.25, 0.3) is 0 Å². The molecule has 1 fully saturated rings. The van der Waals surface area contributed by atoms with E-state index in [9.17, 15) is 4.79 Å². The lowest BCUT2D eigenvalue weighted by Crippen LogP contribution is -2.46. The highest BCUT2D eigenvalue weighted by Gasteiger charge is 2.33. The molecule has 0 spiro atoms. The van der Waals surface area contributed by atoms with E-state index in [0.29, 0.717) is 25.0 Å². The minimum absolute atomic E-state index is 0.177. The summed E-state index contributed by atoms with van der Waals surface area (Å²) in [5.41, 5.74) is 5.76. The van der Waals surface area contributed by atoms with Crippen LogP contribution in [0.2, 0.25) is 0 Å². The van der Waals surface area contributed by atoms with E-state index in [2.05, 4.69) is 4.90 Å². The van der Waals surface area contributed by atoms with Gasteiger partial charge in [0.1, 0.15) is 0 Å². The molecule has 4 heteroatoms. The largest absolute Gasteiger partial charge is 0.342 e. The first kappa shape index (κ1) is 13.5. The summed E-state index contributed by atoms with van der Waals surface area (Å²) in [5.74, 6) is 0.892. The summed E-state index contributed by atoms with van der Waals surface area (Å²) in [5, 5.41) is 0. The molecular formula is C12H25N3O. The second-order valence-electron chi connectivity index (χ2n) is 5.15. The maximum Gasteiger partial charge on any atom is 0.236 e. The van der Waals surface area contributed by atoms with Gasteiger partial charge in [0.2, 0.25) is 5.91 Å². The Morgan fingerprint density at radius 2 is 1.94 bits per heavy atom. The van der Waals surface area contributed by atoms with Crippen molar-refractivity contribution in [1.82, 2.24) is 9.80 Å². The molecule has 0 radical (unpaired) electrons. The Morgan fingerprint density at radius 3 is 2.31 bits per heavy atom. The molecule has 1 rings (SSSR count). The fraction of sp³-hybridized carbons (Fsp3) is 0.917. The van der Waals surface area contributed by atoms with Crippen LogP contribution < -0.4 is 5.73 Å². The summed E-state index contributed by atoms with van der Waals surface area (Å²) in [4.78, 5) is 15.8. The molecular weight excluding hydrogens is 202 g/mol. The summed E-state index contributed by atoms with van der Waals surface area (Å²) >= 11 is 0. The van der Waals surface area contributed by atoms with E-state index in [1.54, 1.807) is 4.90 Å². The van der Waals surface area contributed by atoms with Crippen molar-refractivity contribution in [2.75, 3.05) is 27.2 Å². The summed E-state index contributed by atoms with van der Waals surface area (Å²) in [7, 11) is 3.86. The molecule has 16 heavy (non-hydrogen) atoms. The van der Waals surface area contributed by atoms with Gasteiger partial charge in [0, 0.05) is 25.7 Å². The van der Waals surface area contributed by atoms with Crippen LogP contribution in [0, 0.1) is 5.92 Å².